The zero-order valence-electron chi connectivity index (χ0n) is 11.2. The summed E-state index contributed by atoms with van der Waals surface area (Å²) in [7, 11) is 0. The maximum Gasteiger partial charge on any atom is 0.294 e. The van der Waals surface area contributed by atoms with E-state index in [4.69, 9.17) is 4.74 Å². The smallest absolute Gasteiger partial charge is 0.294 e. The number of carbonyl (C=O) groups excluding carboxylic acids is 1. The molecule has 0 rings (SSSR count). The molecule has 106 valence electrons. The normalized spacial score (nSPS) is 12.2. The fourth-order valence-electron chi connectivity index (χ4n) is 1.13. The Morgan fingerprint density at radius 3 is 2.61 bits per heavy atom. The number of carbonyl (C=O) groups is 1. The SMILES string of the molecule is CCC(COCCC(=O)NCC(C)C)O[N+](=O)[O-]. The van der Waals surface area contributed by atoms with E-state index < -0.39 is 11.2 Å². The van der Waals surface area contributed by atoms with Crippen LogP contribution in [0.25, 0.3) is 0 Å². The van der Waals surface area contributed by atoms with Crippen molar-refractivity contribution in [1.82, 2.24) is 5.32 Å². The average molecular weight is 262 g/mol. The molecule has 0 fully saturated rings. The first kappa shape index (κ1) is 16.6. The lowest BCUT2D eigenvalue weighted by Crippen LogP contribution is -2.29. The van der Waals surface area contributed by atoms with E-state index in [1.54, 1.807) is 6.92 Å². The summed E-state index contributed by atoms with van der Waals surface area (Å²) < 4.78 is 5.17. The Bertz CT molecular complexity index is 258. The molecule has 0 aliphatic rings. The van der Waals surface area contributed by atoms with Gasteiger partial charge in [0.05, 0.1) is 13.2 Å². The highest BCUT2D eigenvalue weighted by atomic mass is 17.0. The van der Waals surface area contributed by atoms with Crippen LogP contribution in [0.4, 0.5) is 0 Å². The number of hydrogen-bond acceptors (Lipinski definition) is 5. The molecule has 18 heavy (non-hydrogen) atoms. The van der Waals surface area contributed by atoms with E-state index in [2.05, 4.69) is 10.2 Å². The third kappa shape index (κ3) is 9.83. The second kappa shape index (κ2) is 9.64. The van der Waals surface area contributed by atoms with Gasteiger partial charge in [-0.2, -0.15) is 0 Å². The fourth-order valence-corrected chi connectivity index (χ4v) is 1.13. The van der Waals surface area contributed by atoms with Crippen molar-refractivity contribution >= 4 is 5.91 Å². The Morgan fingerprint density at radius 1 is 1.44 bits per heavy atom. The van der Waals surface area contributed by atoms with Crippen molar-refractivity contribution in [1.29, 1.82) is 0 Å². The van der Waals surface area contributed by atoms with Gasteiger partial charge >= 0.3 is 0 Å². The lowest BCUT2D eigenvalue weighted by atomic mass is 10.2. The van der Waals surface area contributed by atoms with Crippen LogP contribution in [0.1, 0.15) is 33.6 Å². The molecule has 0 aromatic rings. The van der Waals surface area contributed by atoms with Gasteiger partial charge < -0.3 is 14.9 Å². The van der Waals surface area contributed by atoms with Crippen LogP contribution >= 0.6 is 0 Å². The third-order valence-corrected chi connectivity index (χ3v) is 2.18. The number of rotatable bonds is 10. The van der Waals surface area contributed by atoms with Gasteiger partial charge in [0, 0.05) is 13.0 Å². The highest BCUT2D eigenvalue weighted by Crippen LogP contribution is 1.99. The lowest BCUT2D eigenvalue weighted by Gasteiger charge is -2.13. The number of ether oxygens (including phenoxy) is 1. The number of amides is 1. The summed E-state index contributed by atoms with van der Waals surface area (Å²) in [6.45, 7) is 6.79. The summed E-state index contributed by atoms with van der Waals surface area (Å²) in [4.78, 5) is 25.8. The molecule has 0 aromatic carbocycles. The zero-order chi connectivity index (χ0) is 14.0. The molecule has 0 bridgehead atoms. The van der Waals surface area contributed by atoms with Gasteiger partial charge in [-0.15, -0.1) is 10.1 Å². The highest BCUT2D eigenvalue weighted by Gasteiger charge is 2.11. The lowest BCUT2D eigenvalue weighted by molar-refractivity contribution is -0.769. The minimum absolute atomic E-state index is 0.0769. The van der Waals surface area contributed by atoms with Gasteiger partial charge in [0.15, 0.2) is 0 Å². The Morgan fingerprint density at radius 2 is 2.11 bits per heavy atom. The molecule has 1 amide bonds. The van der Waals surface area contributed by atoms with Crippen LogP contribution in [0.5, 0.6) is 0 Å². The first-order valence-corrected chi connectivity index (χ1v) is 6.11. The topological polar surface area (TPSA) is 90.7 Å². The van der Waals surface area contributed by atoms with Gasteiger partial charge in [-0.1, -0.05) is 20.8 Å². The standard InChI is InChI=1S/C11H22N2O5/c1-4-10(18-13(15)16)8-17-6-5-11(14)12-7-9(2)3/h9-10H,4-8H2,1-3H3,(H,12,14). The van der Waals surface area contributed by atoms with Crippen molar-refractivity contribution in [2.45, 2.75) is 39.7 Å². The molecule has 0 radical (unpaired) electrons. The van der Waals surface area contributed by atoms with Crippen LogP contribution in [-0.2, 0) is 14.4 Å². The first-order valence-electron chi connectivity index (χ1n) is 6.11. The first-order chi connectivity index (χ1) is 8.45. The van der Waals surface area contributed by atoms with Crippen LogP contribution in [0, 0.1) is 16.0 Å². The maximum atomic E-state index is 11.3. The van der Waals surface area contributed by atoms with Gasteiger partial charge in [0.2, 0.25) is 5.91 Å². The zero-order valence-corrected chi connectivity index (χ0v) is 11.2. The molecule has 1 N–H and O–H groups in total. The van der Waals surface area contributed by atoms with Crippen molar-refractivity contribution in [2.24, 2.45) is 5.92 Å². The van der Waals surface area contributed by atoms with Crippen molar-refractivity contribution in [2.75, 3.05) is 19.8 Å². The summed E-state index contributed by atoms with van der Waals surface area (Å²) >= 11 is 0. The third-order valence-electron chi connectivity index (χ3n) is 2.18. The monoisotopic (exact) mass is 262 g/mol. The predicted octanol–water partition coefficient (Wildman–Crippen LogP) is 1.15. The molecule has 0 spiro atoms. The number of nitrogens with one attached hydrogen (secondary N) is 1. The van der Waals surface area contributed by atoms with E-state index in [0.29, 0.717) is 18.9 Å². The van der Waals surface area contributed by atoms with Crippen molar-refractivity contribution in [3.8, 4) is 0 Å². The summed E-state index contributed by atoms with van der Waals surface area (Å²) in [5, 5.41) is 12.1. The van der Waals surface area contributed by atoms with Crippen molar-refractivity contribution < 1.29 is 19.5 Å². The molecule has 7 nitrogen and oxygen atoms in total. The second-order valence-corrected chi connectivity index (χ2v) is 4.38. The van der Waals surface area contributed by atoms with E-state index in [1.807, 2.05) is 13.8 Å². The van der Waals surface area contributed by atoms with Gasteiger partial charge in [-0.3, -0.25) is 4.79 Å². The summed E-state index contributed by atoms with van der Waals surface area (Å²) in [6.07, 6.45) is 0.168. The average Bonchev–Trinajstić information content (AvgIpc) is 2.29. The minimum atomic E-state index is -0.827. The molecule has 1 unspecified atom stereocenters. The summed E-state index contributed by atoms with van der Waals surface area (Å²) in [5.41, 5.74) is 0. The van der Waals surface area contributed by atoms with Crippen LogP contribution < -0.4 is 5.32 Å². The Labute approximate surface area is 107 Å². The van der Waals surface area contributed by atoms with E-state index in [-0.39, 0.29) is 25.5 Å². The number of nitrogens with zero attached hydrogens (tertiary/aromatic N) is 1. The summed E-state index contributed by atoms with van der Waals surface area (Å²) in [6, 6.07) is 0. The molecule has 0 saturated carbocycles. The van der Waals surface area contributed by atoms with E-state index in [0.717, 1.165) is 0 Å². The fraction of sp³-hybridized carbons (Fsp3) is 0.909. The molecular weight excluding hydrogens is 240 g/mol. The molecule has 0 aromatic heterocycles. The van der Waals surface area contributed by atoms with Crippen LogP contribution in [0.15, 0.2) is 0 Å². The molecule has 7 heteroatoms. The Kier molecular flexibility index (Phi) is 8.91. The Hall–Kier alpha value is -1.37. The Balaban J connectivity index is 3.59. The van der Waals surface area contributed by atoms with Gasteiger partial charge in [0.25, 0.3) is 5.09 Å². The van der Waals surface area contributed by atoms with Gasteiger partial charge in [0.1, 0.15) is 6.10 Å². The quantitative estimate of drug-likeness (QED) is 0.362. The predicted molar refractivity (Wildman–Crippen MR) is 65.4 cm³/mol. The van der Waals surface area contributed by atoms with Crippen LogP contribution in [-0.4, -0.2) is 36.9 Å². The highest BCUT2D eigenvalue weighted by molar-refractivity contribution is 5.75. The molecule has 0 aliphatic heterocycles. The molecule has 1 atom stereocenters. The number of hydrogen-bond donors (Lipinski definition) is 1. The minimum Gasteiger partial charge on any atom is -0.379 e. The largest absolute Gasteiger partial charge is 0.379 e. The van der Waals surface area contributed by atoms with Gasteiger partial charge in [-0.05, 0) is 12.3 Å². The second-order valence-electron chi connectivity index (χ2n) is 4.38. The molecular formula is C11H22N2O5. The molecule has 0 heterocycles. The molecule has 0 aliphatic carbocycles. The van der Waals surface area contributed by atoms with E-state index in [1.165, 1.54) is 0 Å². The summed E-state index contributed by atoms with van der Waals surface area (Å²) in [5.74, 6) is 0.333. The van der Waals surface area contributed by atoms with Gasteiger partial charge in [-0.25, -0.2) is 0 Å². The van der Waals surface area contributed by atoms with E-state index in [9.17, 15) is 14.9 Å². The van der Waals surface area contributed by atoms with Crippen LogP contribution in [0.2, 0.25) is 0 Å². The van der Waals surface area contributed by atoms with E-state index >= 15 is 0 Å². The molecule has 0 saturated heterocycles. The van der Waals surface area contributed by atoms with Crippen LogP contribution in [0.3, 0.4) is 0 Å². The van der Waals surface area contributed by atoms with Crippen molar-refractivity contribution in [3.63, 3.8) is 0 Å². The maximum absolute atomic E-state index is 11.3. The van der Waals surface area contributed by atoms with Crippen molar-refractivity contribution in [3.05, 3.63) is 10.1 Å².